The smallest absolute Gasteiger partial charge is 0.229 e. The molecule has 2 rings (SSSR count). The Morgan fingerprint density at radius 2 is 1.93 bits per heavy atom. The molecule has 1 aromatic carbocycles. The highest BCUT2D eigenvalue weighted by Gasteiger charge is 2.15. The van der Waals surface area contributed by atoms with Gasteiger partial charge in [-0.15, -0.1) is 0 Å². The van der Waals surface area contributed by atoms with Gasteiger partial charge in [0.15, 0.2) is 0 Å². The van der Waals surface area contributed by atoms with Crippen LogP contribution in [0.5, 0.6) is 0 Å². The van der Waals surface area contributed by atoms with E-state index in [9.17, 15) is 8.42 Å². The molecule has 1 N–H and O–H groups in total. The number of rotatable bonds is 2. The van der Waals surface area contributed by atoms with Gasteiger partial charge in [-0.3, -0.25) is 9.62 Å². The zero-order chi connectivity index (χ0) is 11.1. The summed E-state index contributed by atoms with van der Waals surface area (Å²) in [4.78, 5) is 2.19. The Morgan fingerprint density at radius 3 is 2.60 bits per heavy atom. The number of hydrogen-bond acceptors (Lipinski definition) is 3. The molecule has 0 radical (unpaired) electrons. The molecule has 0 spiro atoms. The summed E-state index contributed by atoms with van der Waals surface area (Å²) in [7, 11) is -1.13. The van der Waals surface area contributed by atoms with Gasteiger partial charge in [0.2, 0.25) is 10.0 Å². The van der Waals surface area contributed by atoms with Gasteiger partial charge in [0, 0.05) is 18.8 Å². The van der Waals surface area contributed by atoms with E-state index in [0.29, 0.717) is 5.69 Å². The monoisotopic (exact) mass is 226 g/mol. The van der Waals surface area contributed by atoms with Crippen molar-refractivity contribution in [1.82, 2.24) is 4.90 Å². The molecular weight excluding hydrogens is 212 g/mol. The Hall–Kier alpha value is -1.07. The molecule has 4 nitrogen and oxygen atoms in total. The maximum Gasteiger partial charge on any atom is 0.229 e. The summed E-state index contributed by atoms with van der Waals surface area (Å²) in [5.74, 6) is 0. The molecule has 5 heteroatoms. The van der Waals surface area contributed by atoms with Crippen molar-refractivity contribution in [2.75, 3.05) is 18.0 Å². The summed E-state index contributed by atoms with van der Waals surface area (Å²) in [6.07, 6.45) is 1.16. The van der Waals surface area contributed by atoms with Crippen molar-refractivity contribution in [3.05, 3.63) is 29.3 Å². The molecule has 0 amide bonds. The molecule has 82 valence electrons. The second-order valence-electron chi connectivity index (χ2n) is 4.03. The van der Waals surface area contributed by atoms with Crippen LogP contribution < -0.4 is 4.72 Å². The van der Waals surface area contributed by atoms with Crippen LogP contribution in [0, 0.1) is 0 Å². The van der Waals surface area contributed by atoms with Crippen LogP contribution in [0.2, 0.25) is 0 Å². The maximum absolute atomic E-state index is 11.0. The van der Waals surface area contributed by atoms with E-state index in [0.717, 1.165) is 19.3 Å². The third kappa shape index (κ3) is 2.49. The minimum atomic E-state index is -3.17. The second kappa shape index (κ2) is 3.50. The quantitative estimate of drug-likeness (QED) is 0.818. The molecule has 0 fully saturated rings. The van der Waals surface area contributed by atoms with Crippen LogP contribution in [0.1, 0.15) is 11.1 Å². The first-order valence-corrected chi connectivity index (χ1v) is 6.61. The van der Waals surface area contributed by atoms with Crippen LogP contribution in [0.3, 0.4) is 0 Å². The molecule has 0 bridgehead atoms. The van der Waals surface area contributed by atoms with Gasteiger partial charge in [-0.25, -0.2) is 8.42 Å². The molecule has 0 aliphatic carbocycles. The molecule has 0 unspecified atom stereocenters. The van der Waals surface area contributed by atoms with Crippen LogP contribution in [-0.4, -0.2) is 26.6 Å². The first-order valence-electron chi connectivity index (χ1n) is 4.72. The van der Waals surface area contributed by atoms with Crippen molar-refractivity contribution < 1.29 is 8.42 Å². The van der Waals surface area contributed by atoms with Gasteiger partial charge in [0.05, 0.1) is 6.26 Å². The fourth-order valence-corrected chi connectivity index (χ4v) is 2.40. The van der Waals surface area contributed by atoms with Gasteiger partial charge < -0.3 is 0 Å². The SMILES string of the molecule is CN1Cc2ccc(NS(C)(=O)=O)cc2C1. The van der Waals surface area contributed by atoms with Gasteiger partial charge in [-0.1, -0.05) is 6.07 Å². The molecule has 1 aromatic rings. The molecule has 1 aliphatic heterocycles. The highest BCUT2D eigenvalue weighted by molar-refractivity contribution is 7.92. The van der Waals surface area contributed by atoms with Crippen LogP contribution in [-0.2, 0) is 23.1 Å². The topological polar surface area (TPSA) is 49.4 Å². The maximum atomic E-state index is 11.0. The van der Waals surface area contributed by atoms with Crippen molar-refractivity contribution in [2.24, 2.45) is 0 Å². The number of anilines is 1. The lowest BCUT2D eigenvalue weighted by atomic mass is 10.1. The lowest BCUT2D eigenvalue weighted by Crippen LogP contribution is -2.09. The minimum Gasteiger partial charge on any atom is -0.298 e. The molecular formula is C10H14N2O2S. The summed E-state index contributed by atoms with van der Waals surface area (Å²) < 4.78 is 24.6. The van der Waals surface area contributed by atoms with E-state index in [4.69, 9.17) is 0 Å². The molecule has 0 saturated carbocycles. The van der Waals surface area contributed by atoms with E-state index >= 15 is 0 Å². The summed E-state index contributed by atoms with van der Waals surface area (Å²) in [5.41, 5.74) is 3.12. The summed E-state index contributed by atoms with van der Waals surface area (Å²) in [5, 5.41) is 0. The lowest BCUT2D eigenvalue weighted by Gasteiger charge is -2.05. The fraction of sp³-hybridized carbons (Fsp3) is 0.400. The summed E-state index contributed by atoms with van der Waals surface area (Å²) in [6, 6.07) is 5.69. The lowest BCUT2D eigenvalue weighted by molar-refractivity contribution is 0.353. The van der Waals surface area contributed by atoms with Crippen molar-refractivity contribution in [3.63, 3.8) is 0 Å². The van der Waals surface area contributed by atoms with Crippen molar-refractivity contribution >= 4 is 15.7 Å². The normalized spacial score (nSPS) is 16.4. The standard InChI is InChI=1S/C10H14N2O2S/c1-12-6-8-3-4-10(5-9(8)7-12)11-15(2,13)14/h3-5,11H,6-7H2,1-2H3. The third-order valence-electron chi connectivity index (χ3n) is 2.39. The minimum absolute atomic E-state index is 0.645. The van der Waals surface area contributed by atoms with Crippen LogP contribution in [0.25, 0.3) is 0 Å². The average molecular weight is 226 g/mol. The highest BCUT2D eigenvalue weighted by atomic mass is 32.2. The fourth-order valence-electron chi connectivity index (χ4n) is 1.84. The summed E-state index contributed by atoms with van der Waals surface area (Å²) >= 11 is 0. The van der Waals surface area contributed by atoms with E-state index in [1.807, 2.05) is 19.2 Å². The zero-order valence-corrected chi connectivity index (χ0v) is 9.63. The van der Waals surface area contributed by atoms with Gasteiger partial charge in [0.1, 0.15) is 0 Å². The Labute approximate surface area is 90.0 Å². The zero-order valence-electron chi connectivity index (χ0n) is 8.82. The van der Waals surface area contributed by atoms with Gasteiger partial charge in [0.25, 0.3) is 0 Å². The number of nitrogens with one attached hydrogen (secondary N) is 1. The first kappa shape index (κ1) is 10.4. The van der Waals surface area contributed by atoms with E-state index in [-0.39, 0.29) is 0 Å². The Balaban J connectivity index is 2.28. The van der Waals surface area contributed by atoms with Gasteiger partial charge in [-0.2, -0.15) is 0 Å². The number of nitrogens with zero attached hydrogens (tertiary/aromatic N) is 1. The van der Waals surface area contributed by atoms with Gasteiger partial charge in [-0.05, 0) is 30.3 Å². The first-order chi connectivity index (χ1) is 6.94. The molecule has 0 aromatic heterocycles. The van der Waals surface area contributed by atoms with Crippen LogP contribution in [0.4, 0.5) is 5.69 Å². The predicted octanol–water partition coefficient (Wildman–Crippen LogP) is 1.00. The summed E-state index contributed by atoms with van der Waals surface area (Å²) in [6.45, 7) is 1.82. The second-order valence-corrected chi connectivity index (χ2v) is 5.78. The largest absolute Gasteiger partial charge is 0.298 e. The van der Waals surface area contributed by atoms with Crippen molar-refractivity contribution in [1.29, 1.82) is 0 Å². The molecule has 0 atom stereocenters. The predicted molar refractivity (Wildman–Crippen MR) is 60.1 cm³/mol. The Kier molecular flexibility index (Phi) is 2.44. The van der Waals surface area contributed by atoms with Crippen LogP contribution in [0.15, 0.2) is 18.2 Å². The Bertz CT molecular complexity index is 482. The third-order valence-corrected chi connectivity index (χ3v) is 3.00. The van der Waals surface area contributed by atoms with Crippen molar-refractivity contribution in [2.45, 2.75) is 13.1 Å². The van der Waals surface area contributed by atoms with E-state index in [1.54, 1.807) is 6.07 Å². The van der Waals surface area contributed by atoms with Crippen molar-refractivity contribution in [3.8, 4) is 0 Å². The highest BCUT2D eigenvalue weighted by Crippen LogP contribution is 2.24. The molecule has 0 saturated heterocycles. The van der Waals surface area contributed by atoms with Gasteiger partial charge >= 0.3 is 0 Å². The molecule has 15 heavy (non-hydrogen) atoms. The molecule has 1 aliphatic rings. The number of hydrogen-bond donors (Lipinski definition) is 1. The van der Waals surface area contributed by atoms with Crippen LogP contribution >= 0.6 is 0 Å². The molecule has 1 heterocycles. The van der Waals surface area contributed by atoms with E-state index in [2.05, 4.69) is 9.62 Å². The number of fused-ring (bicyclic) bond motifs is 1. The number of benzene rings is 1. The van der Waals surface area contributed by atoms with E-state index in [1.165, 1.54) is 11.1 Å². The Morgan fingerprint density at radius 1 is 1.27 bits per heavy atom. The van der Waals surface area contributed by atoms with E-state index < -0.39 is 10.0 Å². The average Bonchev–Trinajstić information content (AvgIpc) is 2.40. The number of sulfonamides is 1.